The summed E-state index contributed by atoms with van der Waals surface area (Å²) < 4.78 is 1.07. The Bertz CT molecular complexity index is 448. The Labute approximate surface area is 94.9 Å². The Hall–Kier alpha value is -0.870. The van der Waals surface area contributed by atoms with Gasteiger partial charge in [-0.2, -0.15) is 0 Å². The lowest BCUT2D eigenvalue weighted by Crippen LogP contribution is -1.86. The van der Waals surface area contributed by atoms with Crippen LogP contribution < -0.4 is 5.73 Å². The van der Waals surface area contributed by atoms with Crippen LogP contribution in [-0.2, 0) is 0 Å². The van der Waals surface area contributed by atoms with Crippen molar-refractivity contribution >= 4 is 33.1 Å². The van der Waals surface area contributed by atoms with Crippen molar-refractivity contribution in [3.05, 3.63) is 33.7 Å². The van der Waals surface area contributed by atoms with Crippen molar-refractivity contribution in [2.75, 3.05) is 5.73 Å². The van der Waals surface area contributed by atoms with Crippen LogP contribution in [0, 0.1) is 6.92 Å². The molecule has 2 N–H and O–H groups in total. The SMILES string of the molecule is Cc1nc(N)c(-c2ccc(Br)cc2)s1. The summed E-state index contributed by atoms with van der Waals surface area (Å²) in [6.45, 7) is 1.96. The number of nitrogens with two attached hydrogens (primary N) is 1. The van der Waals surface area contributed by atoms with Crippen LogP contribution in [0.15, 0.2) is 28.7 Å². The molecule has 0 aliphatic heterocycles. The highest BCUT2D eigenvalue weighted by Crippen LogP contribution is 2.32. The molecule has 2 rings (SSSR count). The van der Waals surface area contributed by atoms with Crippen molar-refractivity contribution in [3.8, 4) is 10.4 Å². The zero-order valence-corrected chi connectivity index (χ0v) is 10.0. The maximum absolute atomic E-state index is 5.80. The van der Waals surface area contributed by atoms with Crippen LogP contribution in [0.25, 0.3) is 10.4 Å². The van der Waals surface area contributed by atoms with E-state index in [4.69, 9.17) is 5.73 Å². The topological polar surface area (TPSA) is 38.9 Å². The molecule has 2 nitrogen and oxygen atoms in total. The first-order valence-corrected chi connectivity index (χ1v) is 5.76. The third-order valence-corrected chi connectivity index (χ3v) is 3.43. The molecule has 14 heavy (non-hydrogen) atoms. The van der Waals surface area contributed by atoms with Crippen LogP contribution in [0.1, 0.15) is 5.01 Å². The molecule has 0 amide bonds. The van der Waals surface area contributed by atoms with Gasteiger partial charge in [-0.05, 0) is 24.6 Å². The molecule has 0 spiro atoms. The molecule has 0 unspecified atom stereocenters. The molecule has 0 saturated heterocycles. The Balaban J connectivity index is 2.49. The van der Waals surface area contributed by atoms with Gasteiger partial charge in [-0.25, -0.2) is 4.98 Å². The molecule has 0 bridgehead atoms. The standard InChI is InChI=1S/C10H9BrN2S/c1-6-13-10(12)9(14-6)7-2-4-8(11)5-3-7/h2-5H,12H2,1H3. The zero-order valence-electron chi connectivity index (χ0n) is 7.62. The van der Waals surface area contributed by atoms with E-state index < -0.39 is 0 Å². The summed E-state index contributed by atoms with van der Waals surface area (Å²) >= 11 is 5.02. The molecule has 0 saturated carbocycles. The average Bonchev–Trinajstić information content (AvgIpc) is 2.47. The maximum Gasteiger partial charge on any atom is 0.142 e. The molecular formula is C10H9BrN2S. The van der Waals surface area contributed by atoms with Gasteiger partial charge >= 0.3 is 0 Å². The fraction of sp³-hybridized carbons (Fsp3) is 0.100. The van der Waals surface area contributed by atoms with E-state index >= 15 is 0 Å². The fourth-order valence-electron chi connectivity index (χ4n) is 1.25. The van der Waals surface area contributed by atoms with Crippen molar-refractivity contribution in [3.63, 3.8) is 0 Å². The second kappa shape index (κ2) is 3.71. The van der Waals surface area contributed by atoms with Gasteiger partial charge in [0, 0.05) is 4.47 Å². The minimum Gasteiger partial charge on any atom is -0.382 e. The fourth-order valence-corrected chi connectivity index (χ4v) is 2.36. The number of thiazole rings is 1. The molecule has 2 aromatic rings. The maximum atomic E-state index is 5.80. The smallest absolute Gasteiger partial charge is 0.142 e. The van der Waals surface area contributed by atoms with Gasteiger partial charge in [0.15, 0.2) is 0 Å². The summed E-state index contributed by atoms with van der Waals surface area (Å²) in [6, 6.07) is 8.08. The first-order chi connectivity index (χ1) is 6.66. The van der Waals surface area contributed by atoms with Crippen LogP contribution in [0.3, 0.4) is 0 Å². The largest absolute Gasteiger partial charge is 0.382 e. The monoisotopic (exact) mass is 268 g/mol. The number of nitrogen functional groups attached to an aromatic ring is 1. The number of halogens is 1. The van der Waals surface area contributed by atoms with Crippen LogP contribution in [-0.4, -0.2) is 4.98 Å². The van der Waals surface area contributed by atoms with Crippen molar-refractivity contribution in [2.24, 2.45) is 0 Å². The molecule has 1 aromatic heterocycles. The van der Waals surface area contributed by atoms with E-state index in [-0.39, 0.29) is 0 Å². The average molecular weight is 269 g/mol. The highest BCUT2D eigenvalue weighted by molar-refractivity contribution is 9.10. The Morgan fingerprint density at radius 2 is 1.93 bits per heavy atom. The van der Waals surface area contributed by atoms with Gasteiger partial charge < -0.3 is 5.73 Å². The number of hydrogen-bond acceptors (Lipinski definition) is 3. The number of anilines is 1. The second-order valence-corrected chi connectivity index (χ2v) is 5.07. The number of aryl methyl sites for hydroxylation is 1. The highest BCUT2D eigenvalue weighted by Gasteiger charge is 2.07. The molecule has 0 aliphatic rings. The number of nitrogens with zero attached hydrogens (tertiary/aromatic N) is 1. The zero-order chi connectivity index (χ0) is 10.1. The highest BCUT2D eigenvalue weighted by atomic mass is 79.9. The summed E-state index contributed by atoms with van der Waals surface area (Å²) in [5, 5.41) is 1.00. The lowest BCUT2D eigenvalue weighted by atomic mass is 10.2. The minimum atomic E-state index is 0.620. The van der Waals surface area contributed by atoms with Gasteiger partial charge in [0.05, 0.1) is 9.88 Å². The van der Waals surface area contributed by atoms with Crippen molar-refractivity contribution in [1.29, 1.82) is 0 Å². The normalized spacial score (nSPS) is 10.4. The molecule has 4 heteroatoms. The van der Waals surface area contributed by atoms with E-state index in [2.05, 4.69) is 20.9 Å². The van der Waals surface area contributed by atoms with Crippen LogP contribution in [0.4, 0.5) is 5.82 Å². The van der Waals surface area contributed by atoms with E-state index in [0.717, 1.165) is 19.9 Å². The van der Waals surface area contributed by atoms with Crippen LogP contribution in [0.2, 0.25) is 0 Å². The van der Waals surface area contributed by atoms with E-state index in [9.17, 15) is 0 Å². The Morgan fingerprint density at radius 1 is 1.29 bits per heavy atom. The van der Waals surface area contributed by atoms with Crippen molar-refractivity contribution < 1.29 is 0 Å². The van der Waals surface area contributed by atoms with Crippen LogP contribution in [0.5, 0.6) is 0 Å². The molecule has 0 atom stereocenters. The van der Waals surface area contributed by atoms with Gasteiger partial charge in [-0.1, -0.05) is 28.1 Å². The van der Waals surface area contributed by atoms with E-state index in [1.165, 1.54) is 0 Å². The lowest BCUT2D eigenvalue weighted by Gasteiger charge is -1.97. The Kier molecular flexibility index (Phi) is 2.56. The summed E-state index contributed by atoms with van der Waals surface area (Å²) in [5.74, 6) is 0.620. The van der Waals surface area contributed by atoms with Gasteiger partial charge in [0.1, 0.15) is 5.82 Å². The van der Waals surface area contributed by atoms with Crippen molar-refractivity contribution in [1.82, 2.24) is 4.98 Å². The summed E-state index contributed by atoms with van der Waals surface area (Å²) in [4.78, 5) is 5.25. The van der Waals surface area contributed by atoms with Gasteiger partial charge in [-0.3, -0.25) is 0 Å². The molecular weight excluding hydrogens is 260 g/mol. The molecule has 1 heterocycles. The van der Waals surface area contributed by atoms with Gasteiger partial charge in [0.25, 0.3) is 0 Å². The summed E-state index contributed by atoms with van der Waals surface area (Å²) in [6.07, 6.45) is 0. The van der Waals surface area contributed by atoms with E-state index in [1.54, 1.807) is 11.3 Å². The van der Waals surface area contributed by atoms with Crippen molar-refractivity contribution in [2.45, 2.75) is 6.92 Å². The van der Waals surface area contributed by atoms with E-state index in [0.29, 0.717) is 5.82 Å². The first-order valence-electron chi connectivity index (χ1n) is 4.15. The lowest BCUT2D eigenvalue weighted by molar-refractivity contribution is 1.31. The summed E-state index contributed by atoms with van der Waals surface area (Å²) in [7, 11) is 0. The first kappa shape index (κ1) is 9.68. The minimum absolute atomic E-state index is 0.620. The van der Waals surface area contributed by atoms with E-state index in [1.807, 2.05) is 31.2 Å². The molecule has 1 aromatic carbocycles. The predicted molar refractivity (Wildman–Crippen MR) is 64.4 cm³/mol. The predicted octanol–water partition coefficient (Wildman–Crippen LogP) is 3.46. The summed E-state index contributed by atoms with van der Waals surface area (Å²) in [5.41, 5.74) is 6.92. The molecule has 0 fully saturated rings. The molecule has 0 radical (unpaired) electrons. The molecule has 0 aliphatic carbocycles. The van der Waals surface area contributed by atoms with Gasteiger partial charge in [0.2, 0.25) is 0 Å². The second-order valence-electron chi connectivity index (χ2n) is 2.95. The number of rotatable bonds is 1. The molecule has 72 valence electrons. The Morgan fingerprint density at radius 3 is 2.43 bits per heavy atom. The number of aromatic nitrogens is 1. The number of benzene rings is 1. The quantitative estimate of drug-likeness (QED) is 0.861. The third kappa shape index (κ3) is 1.81. The van der Waals surface area contributed by atoms with Gasteiger partial charge in [-0.15, -0.1) is 11.3 Å². The number of hydrogen-bond donors (Lipinski definition) is 1. The third-order valence-electron chi connectivity index (χ3n) is 1.87. The van der Waals surface area contributed by atoms with Crippen LogP contribution >= 0.6 is 27.3 Å².